The van der Waals surface area contributed by atoms with E-state index >= 15 is 0 Å². The average molecular weight is 318 g/mol. The largest absolute Gasteiger partial charge is 0.285 e. The smallest absolute Gasteiger partial charge is 0.233 e. The number of aromatic nitrogens is 5. The normalized spacial score (nSPS) is 10.8. The number of fused-ring (bicyclic) bond motifs is 1. The summed E-state index contributed by atoms with van der Waals surface area (Å²) < 4.78 is 1.80. The highest BCUT2D eigenvalue weighted by Gasteiger charge is 2.20. The van der Waals surface area contributed by atoms with Gasteiger partial charge in [0, 0.05) is 7.05 Å². The predicted molar refractivity (Wildman–Crippen MR) is 71.7 cm³/mol. The lowest BCUT2D eigenvalue weighted by Crippen LogP contribution is -2.11. The van der Waals surface area contributed by atoms with Crippen LogP contribution in [-0.2, 0) is 7.05 Å². The maximum absolute atomic E-state index is 12.4. The molecule has 7 heteroatoms. The van der Waals surface area contributed by atoms with Gasteiger partial charge in [-0.3, -0.25) is 9.78 Å². The molecule has 3 aromatic rings. The van der Waals surface area contributed by atoms with Crippen molar-refractivity contribution < 1.29 is 4.79 Å². The quantitative estimate of drug-likeness (QED) is 0.673. The fraction of sp³-hybridized carbons (Fsp3) is 0.0833. The van der Waals surface area contributed by atoms with E-state index in [0.717, 1.165) is 5.52 Å². The second-order valence-electron chi connectivity index (χ2n) is 3.93. The van der Waals surface area contributed by atoms with Gasteiger partial charge in [0.15, 0.2) is 4.60 Å². The summed E-state index contributed by atoms with van der Waals surface area (Å²) in [5, 5.41) is 7.56. The summed E-state index contributed by atoms with van der Waals surface area (Å²) in [5.74, 6) is -0.266. The number of carbonyl (C=O) groups is 1. The highest BCUT2D eigenvalue weighted by Crippen LogP contribution is 2.17. The molecule has 0 amide bonds. The minimum absolute atomic E-state index is 0.266. The number of nitrogens with zero attached hydrogens (tertiary/aromatic N) is 5. The van der Waals surface area contributed by atoms with E-state index in [1.807, 2.05) is 24.3 Å². The van der Waals surface area contributed by atoms with Crippen molar-refractivity contribution in [2.45, 2.75) is 0 Å². The van der Waals surface area contributed by atoms with Crippen molar-refractivity contribution >= 4 is 32.7 Å². The number of benzene rings is 1. The molecule has 0 aliphatic rings. The first-order chi connectivity index (χ1) is 9.16. The third-order valence-electron chi connectivity index (χ3n) is 2.68. The van der Waals surface area contributed by atoms with E-state index in [9.17, 15) is 4.79 Å². The Labute approximate surface area is 116 Å². The summed E-state index contributed by atoms with van der Waals surface area (Å²) >= 11 is 3.20. The average Bonchev–Trinajstić information content (AvgIpc) is 2.77. The number of ketones is 1. The van der Waals surface area contributed by atoms with E-state index in [1.165, 1.54) is 10.9 Å². The second kappa shape index (κ2) is 4.51. The molecule has 0 saturated carbocycles. The third kappa shape index (κ3) is 2.01. The van der Waals surface area contributed by atoms with Gasteiger partial charge in [-0.05, 0) is 28.1 Å². The Bertz CT molecular complexity index is 763. The molecule has 1 aromatic carbocycles. The zero-order valence-corrected chi connectivity index (χ0v) is 11.5. The maximum Gasteiger partial charge on any atom is 0.233 e. The number of aryl methyl sites for hydroxylation is 1. The molecule has 0 atom stereocenters. The van der Waals surface area contributed by atoms with Gasteiger partial charge in [0.1, 0.15) is 11.4 Å². The maximum atomic E-state index is 12.4. The first-order valence-electron chi connectivity index (χ1n) is 5.48. The van der Waals surface area contributed by atoms with Crippen molar-refractivity contribution in [2.75, 3.05) is 0 Å². The third-order valence-corrected chi connectivity index (χ3v) is 3.22. The standard InChI is InChI=1S/C12H8BrN5O/c1-18-10(12(13)16-17-18)11(19)9-6-14-7-4-2-3-5-8(7)15-9/h2-6H,1H3. The summed E-state index contributed by atoms with van der Waals surface area (Å²) in [6, 6.07) is 7.39. The van der Waals surface area contributed by atoms with Crippen LogP contribution in [0.1, 0.15) is 16.2 Å². The first kappa shape index (κ1) is 11.9. The molecular weight excluding hydrogens is 310 g/mol. The van der Waals surface area contributed by atoms with E-state index in [1.54, 1.807) is 7.05 Å². The molecule has 0 N–H and O–H groups in total. The number of carbonyl (C=O) groups excluding carboxylic acids is 1. The van der Waals surface area contributed by atoms with Crippen molar-refractivity contribution in [1.29, 1.82) is 0 Å². The minimum atomic E-state index is -0.266. The second-order valence-corrected chi connectivity index (χ2v) is 4.68. The molecule has 0 fully saturated rings. The molecule has 0 spiro atoms. The van der Waals surface area contributed by atoms with Gasteiger partial charge in [-0.2, -0.15) is 0 Å². The van der Waals surface area contributed by atoms with Gasteiger partial charge in [0.25, 0.3) is 0 Å². The lowest BCUT2D eigenvalue weighted by molar-refractivity contribution is 0.102. The number of halogens is 1. The highest BCUT2D eigenvalue weighted by molar-refractivity contribution is 9.10. The Hall–Kier alpha value is -2.15. The molecule has 19 heavy (non-hydrogen) atoms. The lowest BCUT2D eigenvalue weighted by Gasteiger charge is -2.02. The Morgan fingerprint density at radius 3 is 2.68 bits per heavy atom. The molecule has 2 heterocycles. The van der Waals surface area contributed by atoms with Crippen LogP contribution >= 0.6 is 15.9 Å². The molecule has 6 nitrogen and oxygen atoms in total. The Morgan fingerprint density at radius 1 is 1.26 bits per heavy atom. The molecule has 0 aliphatic heterocycles. The first-order valence-corrected chi connectivity index (χ1v) is 6.28. The molecule has 0 aliphatic carbocycles. The fourth-order valence-electron chi connectivity index (χ4n) is 1.76. The van der Waals surface area contributed by atoms with Gasteiger partial charge in [0.2, 0.25) is 5.78 Å². The summed E-state index contributed by atoms with van der Waals surface area (Å²) in [5.41, 5.74) is 2.05. The van der Waals surface area contributed by atoms with Crippen LogP contribution in [0.15, 0.2) is 35.1 Å². The summed E-state index contributed by atoms with van der Waals surface area (Å²) in [6.45, 7) is 0. The van der Waals surface area contributed by atoms with Crippen LogP contribution in [0.4, 0.5) is 0 Å². The minimum Gasteiger partial charge on any atom is -0.285 e. The summed E-state index contributed by atoms with van der Waals surface area (Å²) in [4.78, 5) is 20.9. The van der Waals surface area contributed by atoms with E-state index in [-0.39, 0.29) is 11.5 Å². The monoisotopic (exact) mass is 317 g/mol. The SMILES string of the molecule is Cn1nnc(Br)c1C(=O)c1cnc2ccccc2n1. The van der Waals surface area contributed by atoms with Crippen molar-refractivity contribution in [3.05, 3.63) is 46.5 Å². The topological polar surface area (TPSA) is 73.6 Å². The van der Waals surface area contributed by atoms with Crippen molar-refractivity contribution in [3.8, 4) is 0 Å². The molecule has 94 valence electrons. The molecule has 0 radical (unpaired) electrons. The molecule has 2 aromatic heterocycles. The number of hydrogen-bond acceptors (Lipinski definition) is 5. The lowest BCUT2D eigenvalue weighted by atomic mass is 10.2. The molecule has 0 bridgehead atoms. The van der Waals surface area contributed by atoms with Crippen LogP contribution in [0.5, 0.6) is 0 Å². The van der Waals surface area contributed by atoms with Crippen LogP contribution in [0.2, 0.25) is 0 Å². The fourth-order valence-corrected chi connectivity index (χ4v) is 2.27. The van der Waals surface area contributed by atoms with E-state index in [4.69, 9.17) is 0 Å². The van der Waals surface area contributed by atoms with Gasteiger partial charge >= 0.3 is 0 Å². The van der Waals surface area contributed by atoms with Gasteiger partial charge in [-0.25, -0.2) is 9.67 Å². The molecule has 0 unspecified atom stereocenters. The Kier molecular flexibility index (Phi) is 2.83. The molecular formula is C12H8BrN5O. The van der Waals surface area contributed by atoms with Crippen molar-refractivity contribution in [1.82, 2.24) is 25.0 Å². The summed E-state index contributed by atoms with van der Waals surface area (Å²) in [6.07, 6.45) is 1.46. The Balaban J connectivity index is 2.12. The van der Waals surface area contributed by atoms with Crippen LogP contribution in [0.3, 0.4) is 0 Å². The summed E-state index contributed by atoms with van der Waals surface area (Å²) in [7, 11) is 1.65. The van der Waals surface area contributed by atoms with E-state index < -0.39 is 0 Å². The van der Waals surface area contributed by atoms with Crippen molar-refractivity contribution in [3.63, 3.8) is 0 Å². The van der Waals surface area contributed by atoms with Crippen LogP contribution in [0, 0.1) is 0 Å². The zero-order valence-electron chi connectivity index (χ0n) is 9.91. The molecule has 3 rings (SSSR count). The van der Waals surface area contributed by atoms with E-state index in [2.05, 4.69) is 36.2 Å². The van der Waals surface area contributed by atoms with Crippen molar-refractivity contribution in [2.24, 2.45) is 7.05 Å². The zero-order chi connectivity index (χ0) is 13.4. The highest BCUT2D eigenvalue weighted by atomic mass is 79.9. The van der Waals surface area contributed by atoms with Crippen LogP contribution < -0.4 is 0 Å². The number of hydrogen-bond donors (Lipinski definition) is 0. The number of rotatable bonds is 2. The number of para-hydroxylation sites is 2. The van der Waals surface area contributed by atoms with Gasteiger partial charge in [0.05, 0.1) is 17.2 Å². The van der Waals surface area contributed by atoms with Crippen LogP contribution in [0.25, 0.3) is 11.0 Å². The van der Waals surface area contributed by atoms with Crippen LogP contribution in [-0.4, -0.2) is 30.7 Å². The predicted octanol–water partition coefficient (Wildman–Crippen LogP) is 1.75. The van der Waals surface area contributed by atoms with Gasteiger partial charge in [-0.1, -0.05) is 17.3 Å². The van der Waals surface area contributed by atoms with Gasteiger partial charge in [-0.15, -0.1) is 5.10 Å². The van der Waals surface area contributed by atoms with E-state index in [0.29, 0.717) is 15.8 Å². The molecule has 0 saturated heterocycles. The van der Waals surface area contributed by atoms with Gasteiger partial charge < -0.3 is 0 Å². The Morgan fingerprint density at radius 2 is 2.00 bits per heavy atom.